The SMILES string of the molecule is Cc1ccccc1COc1ccc(S(=O)(=O)Cl)c(F)c1. The van der Waals surface area contributed by atoms with Gasteiger partial charge in [0.25, 0.3) is 9.05 Å². The summed E-state index contributed by atoms with van der Waals surface area (Å²) in [5, 5.41) is 0. The van der Waals surface area contributed by atoms with Gasteiger partial charge >= 0.3 is 0 Å². The molecule has 0 aliphatic heterocycles. The van der Waals surface area contributed by atoms with E-state index in [0.29, 0.717) is 0 Å². The van der Waals surface area contributed by atoms with Crippen LogP contribution in [0.5, 0.6) is 5.75 Å². The van der Waals surface area contributed by atoms with Crippen molar-refractivity contribution in [3.05, 3.63) is 59.4 Å². The third-order valence-electron chi connectivity index (χ3n) is 2.82. The average Bonchev–Trinajstić information content (AvgIpc) is 2.36. The van der Waals surface area contributed by atoms with E-state index in [1.165, 1.54) is 6.07 Å². The van der Waals surface area contributed by atoms with E-state index in [1.807, 2.05) is 31.2 Å². The highest BCUT2D eigenvalue weighted by Gasteiger charge is 2.16. The Morgan fingerprint density at radius 3 is 2.50 bits per heavy atom. The van der Waals surface area contributed by atoms with Crippen molar-refractivity contribution in [1.82, 2.24) is 0 Å². The Morgan fingerprint density at radius 2 is 1.90 bits per heavy atom. The second kappa shape index (κ2) is 5.81. The van der Waals surface area contributed by atoms with Gasteiger partial charge in [0.2, 0.25) is 0 Å². The third-order valence-corrected chi connectivity index (χ3v) is 4.18. The van der Waals surface area contributed by atoms with Crippen molar-refractivity contribution in [3.63, 3.8) is 0 Å². The molecule has 0 fully saturated rings. The lowest BCUT2D eigenvalue weighted by molar-refractivity contribution is 0.303. The molecule has 6 heteroatoms. The van der Waals surface area contributed by atoms with Gasteiger partial charge in [0.1, 0.15) is 23.1 Å². The lowest BCUT2D eigenvalue weighted by atomic mass is 10.1. The van der Waals surface area contributed by atoms with Crippen LogP contribution >= 0.6 is 10.7 Å². The minimum atomic E-state index is -4.08. The number of aryl methyl sites for hydroxylation is 1. The molecule has 0 aliphatic rings. The number of hydrogen-bond donors (Lipinski definition) is 0. The van der Waals surface area contributed by atoms with Crippen LogP contribution in [0.4, 0.5) is 4.39 Å². The van der Waals surface area contributed by atoms with Gasteiger partial charge in [-0.05, 0) is 30.2 Å². The van der Waals surface area contributed by atoms with E-state index < -0.39 is 19.8 Å². The monoisotopic (exact) mass is 314 g/mol. The maximum absolute atomic E-state index is 13.6. The lowest BCUT2D eigenvalue weighted by Gasteiger charge is -2.09. The maximum Gasteiger partial charge on any atom is 0.264 e. The van der Waals surface area contributed by atoms with Gasteiger partial charge in [-0.25, -0.2) is 12.8 Å². The molecule has 2 aromatic rings. The Balaban J connectivity index is 2.16. The smallest absolute Gasteiger partial charge is 0.264 e. The van der Waals surface area contributed by atoms with Gasteiger partial charge in [0, 0.05) is 16.7 Å². The standard InChI is InChI=1S/C14H12ClFO3S/c1-10-4-2-3-5-11(10)9-19-12-6-7-14(13(16)8-12)20(15,17)18/h2-8H,9H2,1H3. The summed E-state index contributed by atoms with van der Waals surface area (Å²) in [6, 6.07) is 11.1. The predicted octanol–water partition coefficient (Wildman–Crippen LogP) is 3.64. The summed E-state index contributed by atoms with van der Waals surface area (Å²) >= 11 is 0. The molecule has 2 aromatic carbocycles. The molecule has 0 radical (unpaired) electrons. The van der Waals surface area contributed by atoms with Crippen LogP contribution in [0.15, 0.2) is 47.4 Å². The van der Waals surface area contributed by atoms with Crippen molar-refractivity contribution < 1.29 is 17.5 Å². The minimum absolute atomic E-state index is 0.245. The molecular formula is C14H12ClFO3S. The summed E-state index contributed by atoms with van der Waals surface area (Å²) in [7, 11) is 1.02. The van der Waals surface area contributed by atoms with Gasteiger partial charge in [-0.15, -0.1) is 0 Å². The molecule has 2 rings (SSSR count). The van der Waals surface area contributed by atoms with Gasteiger partial charge < -0.3 is 4.74 Å². The Bertz CT molecular complexity index is 729. The second-order valence-corrected chi connectivity index (χ2v) is 6.78. The number of rotatable bonds is 4. The number of benzene rings is 2. The fourth-order valence-electron chi connectivity index (χ4n) is 1.70. The van der Waals surface area contributed by atoms with Crippen LogP contribution in [-0.4, -0.2) is 8.42 Å². The Kier molecular flexibility index (Phi) is 4.30. The van der Waals surface area contributed by atoms with Crippen LogP contribution in [0.3, 0.4) is 0 Å². The molecule has 0 N–H and O–H groups in total. The van der Waals surface area contributed by atoms with Crippen molar-refractivity contribution in [2.45, 2.75) is 18.4 Å². The van der Waals surface area contributed by atoms with Crippen LogP contribution < -0.4 is 4.74 Å². The fraction of sp³-hybridized carbons (Fsp3) is 0.143. The average molecular weight is 315 g/mol. The van der Waals surface area contributed by atoms with Gasteiger partial charge in [0.05, 0.1) is 0 Å². The number of hydrogen-bond acceptors (Lipinski definition) is 3. The van der Waals surface area contributed by atoms with Crippen molar-refractivity contribution in [2.75, 3.05) is 0 Å². The zero-order valence-electron chi connectivity index (χ0n) is 10.6. The third kappa shape index (κ3) is 3.49. The van der Waals surface area contributed by atoms with Gasteiger partial charge in [-0.1, -0.05) is 24.3 Å². The van der Waals surface area contributed by atoms with Crippen LogP contribution in [0.25, 0.3) is 0 Å². The molecule has 20 heavy (non-hydrogen) atoms. The van der Waals surface area contributed by atoms with Crippen molar-refractivity contribution in [3.8, 4) is 5.75 Å². The fourth-order valence-corrected chi connectivity index (χ4v) is 2.60. The first-order valence-electron chi connectivity index (χ1n) is 5.79. The summed E-state index contributed by atoms with van der Waals surface area (Å²) < 4.78 is 41.2. The van der Waals surface area contributed by atoms with E-state index in [1.54, 1.807) is 0 Å². The highest BCUT2D eigenvalue weighted by atomic mass is 35.7. The summed E-state index contributed by atoms with van der Waals surface area (Å²) in [5.41, 5.74) is 2.04. The van der Waals surface area contributed by atoms with Gasteiger partial charge in [-0.2, -0.15) is 0 Å². The minimum Gasteiger partial charge on any atom is -0.489 e. The molecule has 0 atom stereocenters. The molecule has 0 aliphatic carbocycles. The van der Waals surface area contributed by atoms with Crippen LogP contribution in [0, 0.1) is 12.7 Å². The molecule has 106 valence electrons. The number of ether oxygens (including phenoxy) is 1. The highest BCUT2D eigenvalue weighted by molar-refractivity contribution is 8.13. The Morgan fingerprint density at radius 1 is 1.20 bits per heavy atom. The second-order valence-electron chi connectivity index (χ2n) is 4.25. The molecule has 0 spiro atoms. The van der Waals surface area contributed by atoms with Crippen LogP contribution in [0.1, 0.15) is 11.1 Å². The molecule has 0 bridgehead atoms. The van der Waals surface area contributed by atoms with E-state index in [-0.39, 0.29) is 12.4 Å². The topological polar surface area (TPSA) is 43.4 Å². The van der Waals surface area contributed by atoms with E-state index >= 15 is 0 Å². The van der Waals surface area contributed by atoms with E-state index in [0.717, 1.165) is 23.3 Å². The molecule has 0 amide bonds. The molecule has 0 saturated heterocycles. The van der Waals surface area contributed by atoms with Crippen LogP contribution in [-0.2, 0) is 15.7 Å². The zero-order valence-corrected chi connectivity index (χ0v) is 12.2. The van der Waals surface area contributed by atoms with Crippen molar-refractivity contribution >= 4 is 19.7 Å². The Labute approximate surface area is 121 Å². The molecule has 0 aromatic heterocycles. The van der Waals surface area contributed by atoms with Crippen molar-refractivity contribution in [2.24, 2.45) is 0 Å². The molecule has 0 unspecified atom stereocenters. The van der Waals surface area contributed by atoms with E-state index in [4.69, 9.17) is 15.4 Å². The predicted molar refractivity (Wildman–Crippen MR) is 74.9 cm³/mol. The lowest BCUT2D eigenvalue weighted by Crippen LogP contribution is -2.00. The summed E-state index contributed by atoms with van der Waals surface area (Å²) in [5.74, 6) is -0.683. The maximum atomic E-state index is 13.6. The number of halogens is 2. The molecule has 3 nitrogen and oxygen atoms in total. The van der Waals surface area contributed by atoms with Crippen LogP contribution in [0.2, 0.25) is 0 Å². The highest BCUT2D eigenvalue weighted by Crippen LogP contribution is 2.24. The first-order valence-corrected chi connectivity index (χ1v) is 8.10. The molecular weight excluding hydrogens is 303 g/mol. The quantitative estimate of drug-likeness (QED) is 0.809. The van der Waals surface area contributed by atoms with Gasteiger partial charge in [0.15, 0.2) is 0 Å². The summed E-state index contributed by atoms with van der Waals surface area (Å²) in [4.78, 5) is -0.553. The Hall–Kier alpha value is -1.59. The molecule has 0 saturated carbocycles. The normalized spacial score (nSPS) is 11.3. The largest absolute Gasteiger partial charge is 0.489 e. The first-order chi connectivity index (χ1) is 9.38. The summed E-state index contributed by atoms with van der Waals surface area (Å²) in [6.07, 6.45) is 0. The van der Waals surface area contributed by atoms with E-state index in [9.17, 15) is 12.8 Å². The summed E-state index contributed by atoms with van der Waals surface area (Å²) in [6.45, 7) is 2.22. The van der Waals surface area contributed by atoms with E-state index in [2.05, 4.69) is 0 Å². The zero-order chi connectivity index (χ0) is 14.8. The van der Waals surface area contributed by atoms with Crippen molar-refractivity contribution in [1.29, 1.82) is 0 Å². The van der Waals surface area contributed by atoms with Gasteiger partial charge in [-0.3, -0.25) is 0 Å². The molecule has 0 heterocycles. The first kappa shape index (κ1) is 14.8.